The van der Waals surface area contributed by atoms with Crippen LogP contribution in [0.2, 0.25) is 0 Å². The molecule has 2 unspecified atom stereocenters. The first-order chi connectivity index (χ1) is 9.29. The molecule has 3 rings (SSSR count). The van der Waals surface area contributed by atoms with Gasteiger partial charge in [-0.15, -0.1) is 0 Å². The molecule has 19 heavy (non-hydrogen) atoms. The number of hydrogen-bond acceptors (Lipinski definition) is 2. The minimum atomic E-state index is -0.148. The fourth-order valence-electron chi connectivity index (χ4n) is 2.89. The highest BCUT2D eigenvalue weighted by molar-refractivity contribution is 5.85. The van der Waals surface area contributed by atoms with Crippen LogP contribution in [0, 0.1) is 5.92 Å². The third-order valence-electron chi connectivity index (χ3n) is 4.26. The monoisotopic (exact) mass is 258 g/mol. The molecule has 1 saturated heterocycles. The van der Waals surface area contributed by atoms with Gasteiger partial charge >= 0.3 is 0 Å². The highest BCUT2D eigenvalue weighted by Crippen LogP contribution is 2.34. The fourth-order valence-corrected chi connectivity index (χ4v) is 2.89. The van der Waals surface area contributed by atoms with E-state index in [-0.39, 0.29) is 18.1 Å². The average Bonchev–Trinajstić information content (AvgIpc) is 3.22. The van der Waals surface area contributed by atoms with Crippen LogP contribution in [0.4, 0.5) is 0 Å². The van der Waals surface area contributed by atoms with Crippen LogP contribution >= 0.6 is 0 Å². The Morgan fingerprint density at radius 2 is 2.00 bits per heavy atom. The SMILES string of the molecule is CCC1NC(c2ccccc2)C(=O)N1CCC1CC1. The van der Waals surface area contributed by atoms with E-state index in [0.717, 1.165) is 24.4 Å². The van der Waals surface area contributed by atoms with Crippen LogP contribution in [0.15, 0.2) is 30.3 Å². The summed E-state index contributed by atoms with van der Waals surface area (Å²) in [4.78, 5) is 14.6. The zero-order valence-electron chi connectivity index (χ0n) is 11.5. The molecule has 0 spiro atoms. The Morgan fingerprint density at radius 1 is 1.26 bits per heavy atom. The van der Waals surface area contributed by atoms with Gasteiger partial charge in [0.05, 0.1) is 6.17 Å². The van der Waals surface area contributed by atoms with E-state index < -0.39 is 0 Å². The lowest BCUT2D eigenvalue weighted by molar-refractivity contribution is -0.130. The third kappa shape index (κ3) is 2.66. The van der Waals surface area contributed by atoms with Gasteiger partial charge in [-0.25, -0.2) is 0 Å². The molecule has 2 atom stereocenters. The first kappa shape index (κ1) is 12.7. The number of amides is 1. The van der Waals surface area contributed by atoms with Crippen molar-refractivity contribution in [2.24, 2.45) is 5.92 Å². The van der Waals surface area contributed by atoms with Crippen molar-refractivity contribution in [1.29, 1.82) is 0 Å². The van der Waals surface area contributed by atoms with Crippen molar-refractivity contribution < 1.29 is 4.79 Å². The number of carbonyl (C=O) groups is 1. The van der Waals surface area contributed by atoms with E-state index in [1.807, 2.05) is 30.3 Å². The summed E-state index contributed by atoms with van der Waals surface area (Å²) in [5.41, 5.74) is 1.08. The molecule has 3 heteroatoms. The third-order valence-corrected chi connectivity index (χ3v) is 4.26. The molecule has 1 saturated carbocycles. The highest BCUT2D eigenvalue weighted by atomic mass is 16.2. The molecule has 0 aromatic heterocycles. The zero-order chi connectivity index (χ0) is 13.2. The van der Waals surface area contributed by atoms with Crippen molar-refractivity contribution in [3.63, 3.8) is 0 Å². The molecular weight excluding hydrogens is 236 g/mol. The van der Waals surface area contributed by atoms with E-state index in [4.69, 9.17) is 0 Å². The van der Waals surface area contributed by atoms with Gasteiger partial charge in [0.15, 0.2) is 0 Å². The van der Waals surface area contributed by atoms with Gasteiger partial charge < -0.3 is 4.90 Å². The van der Waals surface area contributed by atoms with E-state index >= 15 is 0 Å². The normalized spacial score (nSPS) is 27.0. The fraction of sp³-hybridized carbons (Fsp3) is 0.562. The lowest BCUT2D eigenvalue weighted by Gasteiger charge is -2.22. The lowest BCUT2D eigenvalue weighted by Crippen LogP contribution is -2.37. The van der Waals surface area contributed by atoms with Crippen molar-refractivity contribution in [2.75, 3.05) is 6.54 Å². The maximum absolute atomic E-state index is 12.6. The van der Waals surface area contributed by atoms with E-state index in [1.54, 1.807) is 0 Å². The van der Waals surface area contributed by atoms with Crippen molar-refractivity contribution in [1.82, 2.24) is 10.2 Å². The van der Waals surface area contributed by atoms with Crippen LogP contribution in [0.5, 0.6) is 0 Å². The van der Waals surface area contributed by atoms with Crippen molar-refractivity contribution >= 4 is 5.91 Å². The van der Waals surface area contributed by atoms with E-state index in [2.05, 4.69) is 17.1 Å². The predicted molar refractivity (Wildman–Crippen MR) is 75.5 cm³/mol. The van der Waals surface area contributed by atoms with Gasteiger partial charge in [-0.1, -0.05) is 50.1 Å². The minimum Gasteiger partial charge on any atom is -0.325 e. The van der Waals surface area contributed by atoms with Gasteiger partial charge in [0, 0.05) is 6.54 Å². The summed E-state index contributed by atoms with van der Waals surface area (Å²) in [6.45, 7) is 3.06. The molecule has 1 N–H and O–H groups in total. The predicted octanol–water partition coefficient (Wildman–Crippen LogP) is 2.70. The number of nitrogens with one attached hydrogen (secondary N) is 1. The second-order valence-electron chi connectivity index (χ2n) is 5.70. The Balaban J connectivity index is 1.71. The molecule has 0 bridgehead atoms. The zero-order valence-corrected chi connectivity index (χ0v) is 11.5. The van der Waals surface area contributed by atoms with Gasteiger partial charge in [0.25, 0.3) is 0 Å². The number of benzene rings is 1. The summed E-state index contributed by atoms with van der Waals surface area (Å²) in [5, 5.41) is 3.48. The molecule has 1 heterocycles. The van der Waals surface area contributed by atoms with E-state index in [9.17, 15) is 4.79 Å². The Bertz CT molecular complexity index is 441. The van der Waals surface area contributed by atoms with Gasteiger partial charge in [-0.05, 0) is 24.3 Å². The van der Waals surface area contributed by atoms with Crippen LogP contribution in [0.25, 0.3) is 0 Å². The molecule has 1 aliphatic heterocycles. The maximum Gasteiger partial charge on any atom is 0.245 e. The van der Waals surface area contributed by atoms with Gasteiger partial charge in [0.1, 0.15) is 6.04 Å². The van der Waals surface area contributed by atoms with Crippen molar-refractivity contribution in [2.45, 2.75) is 44.8 Å². The largest absolute Gasteiger partial charge is 0.325 e. The molecule has 1 aliphatic carbocycles. The number of hydrogen-bond donors (Lipinski definition) is 1. The van der Waals surface area contributed by atoms with Crippen LogP contribution in [-0.4, -0.2) is 23.5 Å². The maximum atomic E-state index is 12.6. The molecule has 1 amide bonds. The van der Waals surface area contributed by atoms with Crippen LogP contribution < -0.4 is 5.32 Å². The van der Waals surface area contributed by atoms with Crippen LogP contribution in [0.3, 0.4) is 0 Å². The summed E-state index contributed by atoms with van der Waals surface area (Å²) in [6.07, 6.45) is 5.06. The second-order valence-corrected chi connectivity index (χ2v) is 5.70. The summed E-state index contributed by atoms with van der Waals surface area (Å²) >= 11 is 0. The van der Waals surface area contributed by atoms with Gasteiger partial charge in [0.2, 0.25) is 5.91 Å². The summed E-state index contributed by atoms with van der Waals surface area (Å²) < 4.78 is 0. The van der Waals surface area contributed by atoms with Gasteiger partial charge in [-0.2, -0.15) is 0 Å². The minimum absolute atomic E-state index is 0.148. The molecule has 0 radical (unpaired) electrons. The van der Waals surface area contributed by atoms with E-state index in [1.165, 1.54) is 19.3 Å². The van der Waals surface area contributed by atoms with Crippen molar-refractivity contribution in [3.05, 3.63) is 35.9 Å². The lowest BCUT2D eigenvalue weighted by atomic mass is 10.1. The van der Waals surface area contributed by atoms with Crippen molar-refractivity contribution in [3.8, 4) is 0 Å². The standard InChI is InChI=1S/C16H22N2O/c1-2-14-17-15(13-6-4-3-5-7-13)16(19)18(14)11-10-12-8-9-12/h3-7,12,14-15,17H,2,8-11H2,1H3. The van der Waals surface area contributed by atoms with Gasteiger partial charge in [-0.3, -0.25) is 10.1 Å². The average molecular weight is 258 g/mol. The van der Waals surface area contributed by atoms with Crippen LogP contribution in [-0.2, 0) is 4.79 Å². The molecule has 3 nitrogen and oxygen atoms in total. The Kier molecular flexibility index (Phi) is 3.56. The number of carbonyl (C=O) groups excluding carboxylic acids is 1. The summed E-state index contributed by atoms with van der Waals surface area (Å²) in [5.74, 6) is 1.12. The van der Waals surface area contributed by atoms with Crippen LogP contribution in [0.1, 0.15) is 44.2 Å². The molecule has 1 aromatic carbocycles. The topological polar surface area (TPSA) is 32.3 Å². The highest BCUT2D eigenvalue weighted by Gasteiger charge is 2.39. The number of nitrogens with zero attached hydrogens (tertiary/aromatic N) is 1. The number of rotatable bonds is 5. The Morgan fingerprint density at radius 3 is 2.63 bits per heavy atom. The second kappa shape index (κ2) is 5.33. The summed E-state index contributed by atoms with van der Waals surface area (Å²) in [7, 11) is 0. The first-order valence-electron chi connectivity index (χ1n) is 7.41. The molecule has 2 fully saturated rings. The summed E-state index contributed by atoms with van der Waals surface area (Å²) in [6, 6.07) is 9.91. The molecular formula is C16H22N2O. The first-order valence-corrected chi connectivity index (χ1v) is 7.41. The molecule has 2 aliphatic rings. The molecule has 102 valence electrons. The van der Waals surface area contributed by atoms with E-state index in [0.29, 0.717) is 0 Å². The Labute approximate surface area is 115 Å². The quantitative estimate of drug-likeness (QED) is 0.880. The molecule has 1 aromatic rings. The Hall–Kier alpha value is -1.35. The smallest absolute Gasteiger partial charge is 0.245 e.